The van der Waals surface area contributed by atoms with Gasteiger partial charge in [-0.2, -0.15) is 0 Å². The Labute approximate surface area is 77.8 Å². The minimum absolute atomic E-state index is 0.0532. The van der Waals surface area contributed by atoms with Crippen LogP contribution in [0.4, 0.5) is 0 Å². The Bertz CT molecular complexity index is 291. The Morgan fingerprint density at radius 1 is 1.08 bits per heavy atom. The van der Waals surface area contributed by atoms with Gasteiger partial charge in [0.15, 0.2) is 11.6 Å². The molecule has 0 unspecified atom stereocenters. The normalized spacial score (nSPS) is 13.7. The highest BCUT2D eigenvalue weighted by molar-refractivity contribution is 6.00. The summed E-state index contributed by atoms with van der Waals surface area (Å²) in [5, 5.41) is 9.17. The lowest BCUT2D eigenvalue weighted by atomic mass is 10.0. The Kier molecular flexibility index (Phi) is 4.11. The van der Waals surface area contributed by atoms with Gasteiger partial charge < -0.3 is 5.11 Å². The van der Waals surface area contributed by atoms with Crippen molar-refractivity contribution in [1.29, 1.82) is 0 Å². The van der Waals surface area contributed by atoms with Crippen LogP contribution in [0.15, 0.2) is 23.0 Å². The largest absolute Gasteiger partial charge is 0.512 e. The van der Waals surface area contributed by atoms with Gasteiger partial charge in [0.25, 0.3) is 0 Å². The van der Waals surface area contributed by atoms with Crippen molar-refractivity contribution in [3.05, 3.63) is 23.0 Å². The van der Waals surface area contributed by atoms with Gasteiger partial charge in [-0.1, -0.05) is 0 Å². The van der Waals surface area contributed by atoms with E-state index in [0.29, 0.717) is 5.57 Å². The van der Waals surface area contributed by atoms with Crippen molar-refractivity contribution in [2.24, 2.45) is 0 Å². The molecule has 0 aliphatic carbocycles. The van der Waals surface area contributed by atoms with Gasteiger partial charge in [0, 0.05) is 0 Å². The smallest absolute Gasteiger partial charge is 0.163 e. The Morgan fingerprint density at radius 2 is 1.54 bits per heavy atom. The number of hydrogen-bond donors (Lipinski definition) is 1. The van der Waals surface area contributed by atoms with Crippen LogP contribution < -0.4 is 0 Å². The molecule has 0 aromatic heterocycles. The maximum atomic E-state index is 11.0. The average Bonchev–Trinajstić information content (AvgIpc) is 1.81. The number of Topliss-reactive ketones (excluding diaryl/α,β-unsaturated/α-hetero) is 1. The first-order valence-electron chi connectivity index (χ1n) is 3.96. The summed E-state index contributed by atoms with van der Waals surface area (Å²) in [6.07, 6.45) is 1.33. The Hall–Kier alpha value is -1.38. The summed E-state index contributed by atoms with van der Waals surface area (Å²) in [5.41, 5.74) is 0.718. The fourth-order valence-corrected chi connectivity index (χ4v) is 1.19. The van der Waals surface area contributed by atoms with E-state index in [2.05, 4.69) is 0 Å². The van der Waals surface area contributed by atoms with E-state index in [-0.39, 0.29) is 22.9 Å². The Balaban J connectivity index is 5.13. The standard InChI is InChI=1S/C10H14O3/c1-6(5-7(2)11)10(8(3)12)9(4)13/h5,12H,1-4H3. The third-order valence-electron chi connectivity index (χ3n) is 1.53. The van der Waals surface area contributed by atoms with Gasteiger partial charge in [-0.25, -0.2) is 0 Å². The second-order valence-corrected chi connectivity index (χ2v) is 2.95. The van der Waals surface area contributed by atoms with E-state index in [1.54, 1.807) is 6.92 Å². The van der Waals surface area contributed by atoms with E-state index in [9.17, 15) is 14.7 Å². The highest BCUT2D eigenvalue weighted by Crippen LogP contribution is 2.13. The molecule has 0 radical (unpaired) electrons. The summed E-state index contributed by atoms with van der Waals surface area (Å²) in [7, 11) is 0. The minimum Gasteiger partial charge on any atom is -0.512 e. The lowest BCUT2D eigenvalue weighted by Gasteiger charge is -2.04. The number of rotatable bonds is 3. The molecule has 0 aliphatic heterocycles. The third kappa shape index (κ3) is 3.69. The second-order valence-electron chi connectivity index (χ2n) is 2.95. The van der Waals surface area contributed by atoms with E-state index in [4.69, 9.17) is 0 Å². The summed E-state index contributed by atoms with van der Waals surface area (Å²) in [6, 6.07) is 0. The van der Waals surface area contributed by atoms with Gasteiger partial charge in [0.05, 0.1) is 5.57 Å². The fourth-order valence-electron chi connectivity index (χ4n) is 1.19. The van der Waals surface area contributed by atoms with Gasteiger partial charge in [-0.05, 0) is 39.3 Å². The zero-order valence-corrected chi connectivity index (χ0v) is 8.34. The van der Waals surface area contributed by atoms with Gasteiger partial charge in [0.1, 0.15) is 5.76 Å². The van der Waals surface area contributed by atoms with Crippen molar-refractivity contribution in [1.82, 2.24) is 0 Å². The molecule has 0 aromatic rings. The average molecular weight is 182 g/mol. The number of allylic oxidation sites excluding steroid dienone is 4. The van der Waals surface area contributed by atoms with Crippen LogP contribution in [0, 0.1) is 0 Å². The number of aliphatic hydroxyl groups excluding tert-OH is 1. The van der Waals surface area contributed by atoms with Crippen LogP contribution in [0.1, 0.15) is 27.7 Å². The van der Waals surface area contributed by atoms with E-state index >= 15 is 0 Å². The van der Waals surface area contributed by atoms with E-state index in [1.165, 1.54) is 26.8 Å². The molecule has 3 heteroatoms. The molecule has 0 fully saturated rings. The third-order valence-corrected chi connectivity index (χ3v) is 1.53. The number of carbonyl (C=O) groups is 2. The molecule has 0 aromatic carbocycles. The van der Waals surface area contributed by atoms with Gasteiger partial charge in [-0.3, -0.25) is 9.59 Å². The molecule has 72 valence electrons. The molecule has 13 heavy (non-hydrogen) atoms. The molecule has 0 aliphatic rings. The monoisotopic (exact) mass is 182 g/mol. The van der Waals surface area contributed by atoms with Crippen LogP contribution in [-0.4, -0.2) is 16.7 Å². The minimum atomic E-state index is -0.241. The zero-order valence-electron chi connectivity index (χ0n) is 8.34. The first-order chi connectivity index (χ1) is 5.86. The van der Waals surface area contributed by atoms with Crippen LogP contribution in [0.5, 0.6) is 0 Å². The number of carbonyl (C=O) groups excluding carboxylic acids is 2. The SMILES string of the molecule is CC(=O)C=C(C)C(C(C)=O)=C(C)O. The molecule has 3 nitrogen and oxygen atoms in total. The van der Waals surface area contributed by atoms with Gasteiger partial charge >= 0.3 is 0 Å². The highest BCUT2D eigenvalue weighted by atomic mass is 16.3. The van der Waals surface area contributed by atoms with Gasteiger partial charge in [0.2, 0.25) is 0 Å². The van der Waals surface area contributed by atoms with E-state index in [1.807, 2.05) is 0 Å². The van der Waals surface area contributed by atoms with Crippen molar-refractivity contribution in [3.63, 3.8) is 0 Å². The maximum absolute atomic E-state index is 11.0. The van der Waals surface area contributed by atoms with Crippen molar-refractivity contribution < 1.29 is 14.7 Å². The van der Waals surface area contributed by atoms with Crippen LogP contribution in [0.3, 0.4) is 0 Å². The maximum Gasteiger partial charge on any atom is 0.163 e. The summed E-state index contributed by atoms with van der Waals surface area (Å²) >= 11 is 0. The summed E-state index contributed by atoms with van der Waals surface area (Å²) in [6.45, 7) is 5.80. The van der Waals surface area contributed by atoms with E-state index in [0.717, 1.165) is 0 Å². The molecule has 0 atom stereocenters. The van der Waals surface area contributed by atoms with Crippen LogP contribution in [-0.2, 0) is 9.59 Å². The molecule has 0 amide bonds. The molecule has 0 spiro atoms. The number of aliphatic hydroxyl groups is 1. The number of ketones is 2. The molecular formula is C10H14O3. The predicted molar refractivity (Wildman–Crippen MR) is 50.4 cm³/mol. The summed E-state index contributed by atoms with van der Waals surface area (Å²) < 4.78 is 0. The quantitative estimate of drug-likeness (QED) is 0.412. The molecular weight excluding hydrogens is 168 g/mol. The predicted octanol–water partition coefficient (Wildman–Crippen LogP) is 1.94. The highest BCUT2D eigenvalue weighted by Gasteiger charge is 2.10. The topological polar surface area (TPSA) is 54.4 Å². The summed E-state index contributed by atoms with van der Waals surface area (Å²) in [4.78, 5) is 21.8. The lowest BCUT2D eigenvalue weighted by molar-refractivity contribution is -0.113. The van der Waals surface area contributed by atoms with Crippen LogP contribution in [0.2, 0.25) is 0 Å². The lowest BCUT2D eigenvalue weighted by Crippen LogP contribution is -2.03. The molecule has 1 N–H and O–H groups in total. The fraction of sp³-hybridized carbons (Fsp3) is 0.400. The van der Waals surface area contributed by atoms with Crippen LogP contribution in [0.25, 0.3) is 0 Å². The van der Waals surface area contributed by atoms with Crippen molar-refractivity contribution in [3.8, 4) is 0 Å². The molecule has 0 heterocycles. The molecule has 0 saturated heterocycles. The van der Waals surface area contributed by atoms with Crippen molar-refractivity contribution >= 4 is 11.6 Å². The first kappa shape index (κ1) is 11.6. The Morgan fingerprint density at radius 3 is 1.77 bits per heavy atom. The molecule has 0 saturated carbocycles. The zero-order chi connectivity index (χ0) is 10.6. The molecule has 0 rings (SSSR count). The van der Waals surface area contributed by atoms with Crippen molar-refractivity contribution in [2.75, 3.05) is 0 Å². The molecule has 0 bridgehead atoms. The number of hydrogen-bond acceptors (Lipinski definition) is 3. The van der Waals surface area contributed by atoms with Gasteiger partial charge in [-0.15, -0.1) is 0 Å². The van der Waals surface area contributed by atoms with E-state index < -0.39 is 0 Å². The second kappa shape index (κ2) is 4.60. The first-order valence-corrected chi connectivity index (χ1v) is 3.96. The summed E-state index contributed by atoms with van der Waals surface area (Å²) in [5.74, 6) is -0.435. The van der Waals surface area contributed by atoms with Crippen LogP contribution >= 0.6 is 0 Å². The van der Waals surface area contributed by atoms with Crippen molar-refractivity contribution in [2.45, 2.75) is 27.7 Å².